The lowest BCUT2D eigenvalue weighted by Gasteiger charge is -2.25. The van der Waals surface area contributed by atoms with E-state index < -0.39 is 0 Å². The third-order valence-electron chi connectivity index (χ3n) is 4.24. The first-order valence-corrected chi connectivity index (χ1v) is 9.15. The number of rotatable bonds is 4. The Morgan fingerprint density at radius 1 is 1.25 bits per heavy atom. The number of nitrogens with zero attached hydrogens (tertiary/aromatic N) is 2. The number of H-pyrrole nitrogens is 1. The fraction of sp³-hybridized carbons (Fsp3) is 0.333. The number of aromatic amines is 1. The summed E-state index contributed by atoms with van der Waals surface area (Å²) in [6.45, 7) is 5.22. The molecule has 0 saturated heterocycles. The highest BCUT2D eigenvalue weighted by molar-refractivity contribution is 7.99. The van der Waals surface area contributed by atoms with E-state index >= 15 is 0 Å². The van der Waals surface area contributed by atoms with Crippen LogP contribution in [0.2, 0.25) is 0 Å². The molecule has 3 heterocycles. The highest BCUT2D eigenvalue weighted by Gasteiger charge is 2.20. The van der Waals surface area contributed by atoms with E-state index in [1.807, 2.05) is 24.0 Å². The minimum atomic E-state index is 0.172. The van der Waals surface area contributed by atoms with Gasteiger partial charge in [0.1, 0.15) is 23.5 Å². The molecule has 5 nitrogen and oxygen atoms in total. The first-order chi connectivity index (χ1) is 11.7. The van der Waals surface area contributed by atoms with Crippen molar-refractivity contribution >= 4 is 28.6 Å². The highest BCUT2D eigenvalue weighted by atomic mass is 32.2. The van der Waals surface area contributed by atoms with Gasteiger partial charge < -0.3 is 15.0 Å². The molecule has 24 heavy (non-hydrogen) atoms. The SMILES string of the molecule is CC(C)[C@@H](Nc1ncnc2[nH]ccc12)c1ccc2c(c1)SCCO2. The van der Waals surface area contributed by atoms with Gasteiger partial charge in [0, 0.05) is 16.8 Å². The lowest BCUT2D eigenvalue weighted by Crippen LogP contribution is -2.18. The summed E-state index contributed by atoms with van der Waals surface area (Å²) in [7, 11) is 0. The molecule has 6 heteroatoms. The molecule has 1 aliphatic heterocycles. The van der Waals surface area contributed by atoms with Crippen molar-refractivity contribution < 1.29 is 4.74 Å². The van der Waals surface area contributed by atoms with Gasteiger partial charge >= 0.3 is 0 Å². The van der Waals surface area contributed by atoms with Gasteiger partial charge in [-0.1, -0.05) is 19.9 Å². The smallest absolute Gasteiger partial charge is 0.142 e. The van der Waals surface area contributed by atoms with Crippen LogP contribution >= 0.6 is 11.8 Å². The predicted octanol–water partition coefficient (Wildman–Crippen LogP) is 4.25. The first kappa shape index (κ1) is 15.3. The molecule has 0 aliphatic carbocycles. The zero-order valence-electron chi connectivity index (χ0n) is 13.7. The molecular weight excluding hydrogens is 320 g/mol. The largest absolute Gasteiger partial charge is 0.492 e. The van der Waals surface area contributed by atoms with Crippen molar-refractivity contribution in [3.63, 3.8) is 0 Å². The lowest BCUT2D eigenvalue weighted by atomic mass is 9.95. The van der Waals surface area contributed by atoms with Crippen molar-refractivity contribution in [2.75, 3.05) is 17.7 Å². The van der Waals surface area contributed by atoms with Gasteiger partial charge in [-0.2, -0.15) is 0 Å². The van der Waals surface area contributed by atoms with Gasteiger partial charge in [-0.3, -0.25) is 0 Å². The summed E-state index contributed by atoms with van der Waals surface area (Å²) in [4.78, 5) is 13.1. The molecule has 0 spiro atoms. The molecule has 0 amide bonds. The Bertz CT molecular complexity index is 861. The van der Waals surface area contributed by atoms with Gasteiger partial charge in [-0.05, 0) is 29.7 Å². The number of hydrogen-bond acceptors (Lipinski definition) is 5. The molecule has 2 aromatic heterocycles. The normalized spacial score (nSPS) is 15.1. The number of aromatic nitrogens is 3. The van der Waals surface area contributed by atoms with Gasteiger partial charge in [-0.15, -0.1) is 11.8 Å². The molecular formula is C18H20N4OS. The Hall–Kier alpha value is -2.21. The number of ether oxygens (including phenoxy) is 1. The summed E-state index contributed by atoms with van der Waals surface area (Å²) in [5, 5.41) is 4.62. The maximum atomic E-state index is 5.72. The van der Waals surface area contributed by atoms with E-state index in [0.717, 1.165) is 35.0 Å². The third-order valence-corrected chi connectivity index (χ3v) is 5.24. The van der Waals surface area contributed by atoms with Crippen molar-refractivity contribution in [1.29, 1.82) is 0 Å². The summed E-state index contributed by atoms with van der Waals surface area (Å²) in [6.07, 6.45) is 3.48. The maximum Gasteiger partial charge on any atom is 0.142 e. The summed E-state index contributed by atoms with van der Waals surface area (Å²) in [5.41, 5.74) is 2.11. The van der Waals surface area contributed by atoms with Crippen LogP contribution < -0.4 is 10.1 Å². The fourth-order valence-corrected chi connectivity index (χ4v) is 3.90. The van der Waals surface area contributed by atoms with Gasteiger partial charge in [0.25, 0.3) is 0 Å². The van der Waals surface area contributed by atoms with Crippen molar-refractivity contribution in [1.82, 2.24) is 15.0 Å². The van der Waals surface area contributed by atoms with Gasteiger partial charge in [-0.25, -0.2) is 9.97 Å². The zero-order valence-corrected chi connectivity index (χ0v) is 14.6. The molecule has 0 bridgehead atoms. The summed E-state index contributed by atoms with van der Waals surface area (Å²) >= 11 is 1.86. The quantitative estimate of drug-likeness (QED) is 0.743. The number of hydrogen-bond donors (Lipinski definition) is 2. The van der Waals surface area contributed by atoms with Crippen molar-refractivity contribution in [3.8, 4) is 5.75 Å². The van der Waals surface area contributed by atoms with E-state index in [2.05, 4.69) is 52.3 Å². The second-order valence-corrected chi connectivity index (χ2v) is 7.37. The molecule has 4 rings (SSSR count). The van der Waals surface area contributed by atoms with Crippen LogP contribution in [0.1, 0.15) is 25.5 Å². The number of anilines is 1. The Morgan fingerprint density at radius 3 is 3.04 bits per heavy atom. The van der Waals surface area contributed by atoms with E-state index in [1.165, 1.54) is 10.5 Å². The zero-order chi connectivity index (χ0) is 16.5. The van der Waals surface area contributed by atoms with E-state index in [4.69, 9.17) is 4.74 Å². The number of benzene rings is 1. The van der Waals surface area contributed by atoms with Crippen LogP contribution in [0.15, 0.2) is 41.7 Å². The van der Waals surface area contributed by atoms with Crippen LogP contribution in [0.25, 0.3) is 11.0 Å². The lowest BCUT2D eigenvalue weighted by molar-refractivity contribution is 0.329. The standard InChI is InChI=1S/C18H20N4OS/c1-11(2)16(12-3-4-14-15(9-12)24-8-7-23-14)22-18-13-5-6-19-17(13)20-10-21-18/h3-6,9-11,16H,7-8H2,1-2H3,(H2,19,20,21,22)/t16-/m1/s1. The van der Waals surface area contributed by atoms with E-state index in [-0.39, 0.29) is 6.04 Å². The van der Waals surface area contributed by atoms with Crippen LogP contribution in [-0.2, 0) is 0 Å². The minimum absolute atomic E-state index is 0.172. The summed E-state index contributed by atoms with van der Waals surface area (Å²) < 4.78 is 5.72. The highest BCUT2D eigenvalue weighted by Crippen LogP contribution is 2.37. The molecule has 1 atom stereocenters. The van der Waals surface area contributed by atoms with Crippen LogP contribution in [0.5, 0.6) is 5.75 Å². The number of nitrogens with one attached hydrogen (secondary N) is 2. The van der Waals surface area contributed by atoms with Crippen molar-refractivity contribution in [3.05, 3.63) is 42.4 Å². The Balaban J connectivity index is 1.69. The molecule has 1 aliphatic rings. The summed E-state index contributed by atoms with van der Waals surface area (Å²) in [5.74, 6) is 3.28. The minimum Gasteiger partial charge on any atom is -0.492 e. The van der Waals surface area contributed by atoms with Crippen molar-refractivity contribution in [2.24, 2.45) is 5.92 Å². The Kier molecular flexibility index (Phi) is 4.06. The third kappa shape index (κ3) is 2.82. The van der Waals surface area contributed by atoms with Crippen molar-refractivity contribution in [2.45, 2.75) is 24.8 Å². The molecule has 0 saturated carbocycles. The van der Waals surface area contributed by atoms with Crippen LogP contribution in [-0.4, -0.2) is 27.3 Å². The second kappa shape index (κ2) is 6.36. The molecule has 0 radical (unpaired) electrons. The Morgan fingerprint density at radius 2 is 2.17 bits per heavy atom. The first-order valence-electron chi connectivity index (χ1n) is 8.16. The van der Waals surface area contributed by atoms with Gasteiger partial charge in [0.2, 0.25) is 0 Å². The average Bonchev–Trinajstić information content (AvgIpc) is 3.08. The second-order valence-electron chi connectivity index (χ2n) is 6.23. The Labute approximate surface area is 145 Å². The summed E-state index contributed by atoms with van der Waals surface area (Å²) in [6, 6.07) is 8.65. The fourth-order valence-electron chi connectivity index (χ4n) is 3.02. The van der Waals surface area contributed by atoms with Crippen LogP contribution in [0.4, 0.5) is 5.82 Å². The topological polar surface area (TPSA) is 62.8 Å². The maximum absolute atomic E-state index is 5.72. The van der Waals surface area contributed by atoms with Crippen LogP contribution in [0.3, 0.4) is 0 Å². The molecule has 124 valence electrons. The monoisotopic (exact) mass is 340 g/mol. The number of fused-ring (bicyclic) bond motifs is 2. The predicted molar refractivity (Wildman–Crippen MR) is 97.8 cm³/mol. The van der Waals surface area contributed by atoms with Gasteiger partial charge in [0.15, 0.2) is 0 Å². The molecule has 3 aromatic rings. The molecule has 2 N–H and O–H groups in total. The number of thioether (sulfide) groups is 1. The van der Waals surface area contributed by atoms with Gasteiger partial charge in [0.05, 0.1) is 18.0 Å². The van der Waals surface area contributed by atoms with E-state index in [0.29, 0.717) is 5.92 Å². The van der Waals surface area contributed by atoms with Crippen LogP contribution in [0, 0.1) is 5.92 Å². The average molecular weight is 340 g/mol. The molecule has 0 unspecified atom stereocenters. The van der Waals surface area contributed by atoms with E-state index in [1.54, 1.807) is 6.33 Å². The van der Waals surface area contributed by atoms with E-state index in [9.17, 15) is 0 Å². The molecule has 1 aromatic carbocycles. The molecule has 0 fully saturated rings.